The Labute approximate surface area is 98.8 Å². The number of nitrogens with zero attached hydrogens (tertiary/aromatic N) is 2. The zero-order chi connectivity index (χ0) is 12.3. The second kappa shape index (κ2) is 4.78. The highest BCUT2D eigenvalue weighted by atomic mass is 16.5. The van der Waals surface area contributed by atoms with Gasteiger partial charge in [-0.3, -0.25) is 4.79 Å². The second-order valence-corrected chi connectivity index (χ2v) is 3.79. The maximum Gasteiger partial charge on any atom is 0.257 e. The minimum Gasteiger partial charge on any atom is -0.349 e. The van der Waals surface area contributed by atoms with E-state index in [-0.39, 0.29) is 12.5 Å². The zero-order valence-electron chi connectivity index (χ0n) is 9.73. The maximum absolute atomic E-state index is 10.7. The van der Waals surface area contributed by atoms with Gasteiger partial charge in [-0.15, -0.1) is 0 Å². The molecule has 0 bridgehead atoms. The van der Waals surface area contributed by atoms with Crippen LogP contribution in [0.25, 0.3) is 11.5 Å². The number of amides is 1. The van der Waals surface area contributed by atoms with E-state index in [4.69, 9.17) is 4.52 Å². The fraction of sp³-hybridized carbons (Fsp3) is 0.250. The van der Waals surface area contributed by atoms with Crippen molar-refractivity contribution in [3.63, 3.8) is 0 Å². The standard InChI is InChI=1S/C12H13N3O2/c1-8-3-5-10(6-4-8)12-14-11(15-17-12)7-13-9(2)16/h3-6H,7H2,1-2H3,(H,13,16). The summed E-state index contributed by atoms with van der Waals surface area (Å²) in [6.07, 6.45) is 0. The number of hydrogen-bond acceptors (Lipinski definition) is 4. The molecule has 1 heterocycles. The van der Waals surface area contributed by atoms with Gasteiger partial charge in [0, 0.05) is 12.5 Å². The summed E-state index contributed by atoms with van der Waals surface area (Å²) in [6, 6.07) is 7.80. The number of nitrogens with one attached hydrogen (secondary N) is 1. The third-order valence-electron chi connectivity index (χ3n) is 2.26. The normalized spacial score (nSPS) is 10.2. The van der Waals surface area contributed by atoms with Crippen LogP contribution in [0.15, 0.2) is 28.8 Å². The molecular weight excluding hydrogens is 218 g/mol. The van der Waals surface area contributed by atoms with Crippen molar-refractivity contribution in [1.82, 2.24) is 15.5 Å². The van der Waals surface area contributed by atoms with Crippen LogP contribution in [-0.2, 0) is 11.3 Å². The first-order valence-electron chi connectivity index (χ1n) is 5.29. The number of carbonyl (C=O) groups excluding carboxylic acids is 1. The molecule has 0 saturated carbocycles. The Morgan fingerprint density at radius 1 is 1.35 bits per heavy atom. The summed E-state index contributed by atoms with van der Waals surface area (Å²) in [5.41, 5.74) is 2.05. The van der Waals surface area contributed by atoms with Gasteiger partial charge >= 0.3 is 0 Å². The molecular formula is C12H13N3O2. The van der Waals surface area contributed by atoms with E-state index in [1.807, 2.05) is 31.2 Å². The van der Waals surface area contributed by atoms with Crippen molar-refractivity contribution in [3.8, 4) is 11.5 Å². The van der Waals surface area contributed by atoms with Gasteiger partial charge in [0.15, 0.2) is 5.82 Å². The van der Waals surface area contributed by atoms with Gasteiger partial charge in [-0.2, -0.15) is 4.98 Å². The second-order valence-electron chi connectivity index (χ2n) is 3.79. The molecule has 2 rings (SSSR count). The van der Waals surface area contributed by atoms with Gasteiger partial charge in [0.1, 0.15) is 0 Å². The fourth-order valence-electron chi connectivity index (χ4n) is 1.34. The molecule has 0 spiro atoms. The van der Waals surface area contributed by atoms with Gasteiger partial charge in [-0.05, 0) is 19.1 Å². The monoisotopic (exact) mass is 231 g/mol. The molecule has 0 unspecified atom stereocenters. The third kappa shape index (κ3) is 2.90. The van der Waals surface area contributed by atoms with Crippen molar-refractivity contribution >= 4 is 5.91 Å². The lowest BCUT2D eigenvalue weighted by Crippen LogP contribution is -2.19. The molecule has 1 aromatic carbocycles. The molecule has 0 aliphatic carbocycles. The largest absolute Gasteiger partial charge is 0.349 e. The number of rotatable bonds is 3. The number of aryl methyl sites for hydroxylation is 1. The van der Waals surface area contributed by atoms with Crippen LogP contribution in [0.3, 0.4) is 0 Å². The number of benzene rings is 1. The van der Waals surface area contributed by atoms with E-state index in [0.717, 1.165) is 5.56 Å². The van der Waals surface area contributed by atoms with Crippen molar-refractivity contribution in [2.75, 3.05) is 0 Å². The predicted molar refractivity (Wildman–Crippen MR) is 62.0 cm³/mol. The van der Waals surface area contributed by atoms with E-state index < -0.39 is 0 Å². The smallest absolute Gasteiger partial charge is 0.257 e. The highest BCUT2D eigenvalue weighted by Crippen LogP contribution is 2.17. The number of carbonyl (C=O) groups is 1. The molecule has 1 N–H and O–H groups in total. The molecule has 1 amide bonds. The summed E-state index contributed by atoms with van der Waals surface area (Å²) in [5.74, 6) is 0.813. The van der Waals surface area contributed by atoms with Gasteiger partial charge < -0.3 is 9.84 Å². The highest BCUT2D eigenvalue weighted by Gasteiger charge is 2.08. The van der Waals surface area contributed by atoms with Gasteiger partial charge in [0.05, 0.1) is 6.54 Å². The first kappa shape index (κ1) is 11.3. The van der Waals surface area contributed by atoms with Crippen LogP contribution in [0, 0.1) is 6.92 Å². The van der Waals surface area contributed by atoms with Gasteiger partial charge in [-0.25, -0.2) is 0 Å². The van der Waals surface area contributed by atoms with Crippen molar-refractivity contribution in [2.24, 2.45) is 0 Å². The Morgan fingerprint density at radius 2 is 2.06 bits per heavy atom. The minimum absolute atomic E-state index is 0.119. The molecule has 17 heavy (non-hydrogen) atoms. The van der Waals surface area contributed by atoms with Crippen LogP contribution in [-0.4, -0.2) is 16.0 Å². The van der Waals surface area contributed by atoms with E-state index in [1.54, 1.807) is 0 Å². The van der Waals surface area contributed by atoms with E-state index in [9.17, 15) is 4.79 Å². The SMILES string of the molecule is CC(=O)NCc1noc(-c2ccc(C)cc2)n1. The molecule has 88 valence electrons. The fourth-order valence-corrected chi connectivity index (χ4v) is 1.34. The lowest BCUT2D eigenvalue weighted by atomic mass is 10.1. The zero-order valence-corrected chi connectivity index (χ0v) is 9.73. The Kier molecular flexibility index (Phi) is 3.18. The molecule has 0 radical (unpaired) electrons. The van der Waals surface area contributed by atoms with Crippen LogP contribution < -0.4 is 5.32 Å². The molecule has 2 aromatic rings. The maximum atomic E-state index is 10.7. The molecule has 0 aliphatic rings. The van der Waals surface area contributed by atoms with Crippen LogP contribution in [0.1, 0.15) is 18.3 Å². The molecule has 0 aliphatic heterocycles. The summed E-state index contributed by atoms with van der Waals surface area (Å²) >= 11 is 0. The Morgan fingerprint density at radius 3 is 2.71 bits per heavy atom. The summed E-state index contributed by atoms with van der Waals surface area (Å²) < 4.78 is 5.11. The minimum atomic E-state index is -0.119. The summed E-state index contributed by atoms with van der Waals surface area (Å²) in [5, 5.41) is 6.40. The molecule has 0 fully saturated rings. The summed E-state index contributed by atoms with van der Waals surface area (Å²) in [7, 11) is 0. The van der Waals surface area contributed by atoms with E-state index in [1.165, 1.54) is 12.5 Å². The molecule has 5 nitrogen and oxygen atoms in total. The number of hydrogen-bond donors (Lipinski definition) is 1. The predicted octanol–water partition coefficient (Wildman–Crippen LogP) is 1.68. The average Bonchev–Trinajstić information content (AvgIpc) is 2.76. The van der Waals surface area contributed by atoms with Gasteiger partial charge in [-0.1, -0.05) is 22.9 Å². The van der Waals surface area contributed by atoms with Crippen LogP contribution in [0.2, 0.25) is 0 Å². The highest BCUT2D eigenvalue weighted by molar-refractivity contribution is 5.72. The topological polar surface area (TPSA) is 68.0 Å². The van der Waals surface area contributed by atoms with Crippen LogP contribution in [0.4, 0.5) is 0 Å². The quantitative estimate of drug-likeness (QED) is 0.872. The van der Waals surface area contributed by atoms with Gasteiger partial charge in [0.2, 0.25) is 5.91 Å². The molecule has 0 saturated heterocycles. The van der Waals surface area contributed by atoms with Crippen molar-refractivity contribution in [2.45, 2.75) is 20.4 Å². The first-order valence-corrected chi connectivity index (χ1v) is 5.29. The Hall–Kier alpha value is -2.17. The lowest BCUT2D eigenvalue weighted by molar-refractivity contribution is -0.119. The van der Waals surface area contributed by atoms with Crippen molar-refractivity contribution in [3.05, 3.63) is 35.7 Å². The van der Waals surface area contributed by atoms with E-state index >= 15 is 0 Å². The number of aromatic nitrogens is 2. The summed E-state index contributed by atoms with van der Waals surface area (Å²) in [6.45, 7) is 3.74. The van der Waals surface area contributed by atoms with Crippen LogP contribution >= 0.6 is 0 Å². The Balaban J connectivity index is 2.12. The average molecular weight is 231 g/mol. The summed E-state index contributed by atoms with van der Waals surface area (Å²) in [4.78, 5) is 14.9. The molecule has 1 aromatic heterocycles. The molecule has 0 atom stereocenters. The molecule has 5 heteroatoms. The van der Waals surface area contributed by atoms with Crippen molar-refractivity contribution in [1.29, 1.82) is 0 Å². The van der Waals surface area contributed by atoms with E-state index in [0.29, 0.717) is 11.7 Å². The van der Waals surface area contributed by atoms with Crippen molar-refractivity contribution < 1.29 is 9.32 Å². The van der Waals surface area contributed by atoms with Crippen LogP contribution in [0.5, 0.6) is 0 Å². The van der Waals surface area contributed by atoms with Gasteiger partial charge in [0.25, 0.3) is 5.89 Å². The first-order chi connectivity index (χ1) is 8.15. The van der Waals surface area contributed by atoms with E-state index in [2.05, 4.69) is 15.5 Å². The third-order valence-corrected chi connectivity index (χ3v) is 2.26. The lowest BCUT2D eigenvalue weighted by Gasteiger charge is -1.95. The Bertz CT molecular complexity index is 517.